The molecule has 1 aliphatic carbocycles. The summed E-state index contributed by atoms with van der Waals surface area (Å²) in [7, 11) is 0. The first-order valence-corrected chi connectivity index (χ1v) is 2.92. The summed E-state index contributed by atoms with van der Waals surface area (Å²) in [5, 5.41) is 0. The molecular formula is C7H11N. The summed E-state index contributed by atoms with van der Waals surface area (Å²) in [4.78, 5) is 0. The summed E-state index contributed by atoms with van der Waals surface area (Å²) in [5.74, 6) is 0.825. The second-order valence-electron chi connectivity index (χ2n) is 2.23. The van der Waals surface area contributed by atoms with Crippen molar-refractivity contribution in [2.45, 2.75) is 13.3 Å². The van der Waals surface area contributed by atoms with E-state index >= 15 is 0 Å². The highest BCUT2D eigenvalue weighted by Gasteiger charge is 2.22. The highest BCUT2D eigenvalue weighted by Crippen LogP contribution is 2.36. The first kappa shape index (κ1) is 5.42. The van der Waals surface area contributed by atoms with Gasteiger partial charge in [-0.25, -0.2) is 0 Å². The van der Waals surface area contributed by atoms with Crippen LogP contribution in [0.4, 0.5) is 0 Å². The predicted molar refractivity (Wildman–Crippen MR) is 35.2 cm³/mol. The molecule has 0 aromatic rings. The first-order chi connectivity index (χ1) is 3.84. The third-order valence-corrected chi connectivity index (χ3v) is 1.44. The van der Waals surface area contributed by atoms with Crippen LogP contribution < -0.4 is 5.73 Å². The van der Waals surface area contributed by atoms with Gasteiger partial charge in [0.05, 0.1) is 0 Å². The molecule has 1 fully saturated rings. The quantitative estimate of drug-likeness (QED) is 0.541. The van der Waals surface area contributed by atoms with Crippen LogP contribution in [0.25, 0.3) is 0 Å². The van der Waals surface area contributed by atoms with Gasteiger partial charge in [-0.3, -0.25) is 0 Å². The van der Waals surface area contributed by atoms with Crippen molar-refractivity contribution in [2.75, 3.05) is 0 Å². The van der Waals surface area contributed by atoms with Crippen LogP contribution >= 0.6 is 0 Å². The molecule has 1 nitrogen and oxygen atoms in total. The van der Waals surface area contributed by atoms with E-state index in [-0.39, 0.29) is 0 Å². The van der Waals surface area contributed by atoms with Crippen LogP contribution in [0, 0.1) is 5.92 Å². The second kappa shape index (κ2) is 2.03. The van der Waals surface area contributed by atoms with Crippen molar-refractivity contribution in [2.24, 2.45) is 11.7 Å². The molecule has 1 heteroatoms. The summed E-state index contributed by atoms with van der Waals surface area (Å²) < 4.78 is 0. The molecule has 0 heterocycles. The van der Waals surface area contributed by atoms with Crippen LogP contribution in [-0.2, 0) is 0 Å². The molecule has 0 spiro atoms. The Labute approximate surface area is 49.9 Å². The molecule has 2 N–H and O–H groups in total. The standard InChI is InChI=1S/C7H11N/c1-6-5-7(6)3-2-4-8/h2-4,6H,5,8H2,1H3. The molecule has 1 atom stereocenters. The molecule has 0 aromatic heterocycles. The van der Waals surface area contributed by atoms with Gasteiger partial charge in [0.25, 0.3) is 0 Å². The molecule has 8 heavy (non-hydrogen) atoms. The minimum Gasteiger partial charge on any atom is -0.405 e. The van der Waals surface area contributed by atoms with Crippen molar-refractivity contribution >= 4 is 0 Å². The summed E-state index contributed by atoms with van der Waals surface area (Å²) in [6, 6.07) is 0. The van der Waals surface area contributed by atoms with E-state index in [1.54, 1.807) is 6.20 Å². The van der Waals surface area contributed by atoms with E-state index in [1.165, 1.54) is 12.0 Å². The molecular weight excluding hydrogens is 98.1 g/mol. The molecule has 0 aromatic carbocycles. The molecule has 0 aliphatic heterocycles. The lowest BCUT2D eigenvalue weighted by atomic mass is 10.4. The van der Waals surface area contributed by atoms with Crippen molar-refractivity contribution in [3.63, 3.8) is 0 Å². The Morgan fingerprint density at radius 2 is 2.38 bits per heavy atom. The Morgan fingerprint density at radius 1 is 1.75 bits per heavy atom. The van der Waals surface area contributed by atoms with E-state index < -0.39 is 0 Å². The first-order valence-electron chi connectivity index (χ1n) is 2.92. The third-order valence-electron chi connectivity index (χ3n) is 1.44. The fraction of sp³-hybridized carbons (Fsp3) is 0.429. The second-order valence-corrected chi connectivity index (χ2v) is 2.23. The molecule has 1 saturated carbocycles. The zero-order valence-electron chi connectivity index (χ0n) is 5.09. The van der Waals surface area contributed by atoms with Crippen molar-refractivity contribution in [1.29, 1.82) is 0 Å². The largest absolute Gasteiger partial charge is 0.405 e. The summed E-state index contributed by atoms with van der Waals surface area (Å²) in [6.07, 6.45) is 6.81. The van der Waals surface area contributed by atoms with Gasteiger partial charge < -0.3 is 5.73 Å². The van der Waals surface area contributed by atoms with Crippen LogP contribution in [0.2, 0.25) is 0 Å². The maximum Gasteiger partial charge on any atom is -0.00624 e. The minimum absolute atomic E-state index is 0.825. The molecule has 1 aliphatic rings. The molecule has 0 bridgehead atoms. The Hall–Kier alpha value is -0.720. The van der Waals surface area contributed by atoms with Gasteiger partial charge in [0.15, 0.2) is 0 Å². The van der Waals surface area contributed by atoms with Gasteiger partial charge in [0, 0.05) is 0 Å². The van der Waals surface area contributed by atoms with Gasteiger partial charge in [-0.1, -0.05) is 18.6 Å². The molecule has 44 valence electrons. The van der Waals surface area contributed by atoms with Gasteiger partial charge in [-0.15, -0.1) is 0 Å². The molecule has 0 amide bonds. The number of rotatable bonds is 1. The van der Waals surface area contributed by atoms with Gasteiger partial charge in [0.1, 0.15) is 0 Å². The number of hydrogen-bond donors (Lipinski definition) is 1. The number of allylic oxidation sites excluding steroid dienone is 3. The predicted octanol–water partition coefficient (Wildman–Crippen LogP) is 1.43. The lowest BCUT2D eigenvalue weighted by molar-refractivity contribution is 1.02. The average molecular weight is 109 g/mol. The average Bonchev–Trinajstić information content (AvgIpc) is 2.42. The Bertz CT molecular complexity index is 133. The van der Waals surface area contributed by atoms with Crippen molar-refractivity contribution in [3.8, 4) is 0 Å². The zero-order chi connectivity index (χ0) is 5.98. The lowest BCUT2D eigenvalue weighted by Gasteiger charge is -1.70. The highest BCUT2D eigenvalue weighted by molar-refractivity contribution is 5.26. The van der Waals surface area contributed by atoms with Gasteiger partial charge in [-0.2, -0.15) is 0 Å². The maximum absolute atomic E-state index is 5.12. The normalized spacial score (nSPS) is 32.1. The van der Waals surface area contributed by atoms with Crippen LogP contribution in [0.5, 0.6) is 0 Å². The highest BCUT2D eigenvalue weighted by atomic mass is 14.5. The maximum atomic E-state index is 5.12. The van der Waals surface area contributed by atoms with Gasteiger partial charge >= 0.3 is 0 Å². The monoisotopic (exact) mass is 109 g/mol. The fourth-order valence-electron chi connectivity index (χ4n) is 0.706. The van der Waals surface area contributed by atoms with Crippen LogP contribution in [0.15, 0.2) is 23.9 Å². The van der Waals surface area contributed by atoms with Crippen molar-refractivity contribution in [3.05, 3.63) is 23.9 Å². The molecule has 0 radical (unpaired) electrons. The summed E-state index contributed by atoms with van der Waals surface area (Å²) >= 11 is 0. The Morgan fingerprint density at radius 3 is 2.75 bits per heavy atom. The smallest absolute Gasteiger partial charge is 0.00624 e. The van der Waals surface area contributed by atoms with Gasteiger partial charge in [0.2, 0.25) is 0 Å². The molecule has 1 rings (SSSR count). The van der Waals surface area contributed by atoms with E-state index in [0.29, 0.717) is 0 Å². The van der Waals surface area contributed by atoms with Crippen molar-refractivity contribution < 1.29 is 0 Å². The van der Waals surface area contributed by atoms with E-state index in [2.05, 4.69) is 13.0 Å². The number of hydrogen-bond acceptors (Lipinski definition) is 1. The van der Waals surface area contributed by atoms with Crippen LogP contribution in [0.3, 0.4) is 0 Å². The fourth-order valence-corrected chi connectivity index (χ4v) is 0.706. The van der Waals surface area contributed by atoms with Crippen molar-refractivity contribution in [1.82, 2.24) is 0 Å². The molecule has 0 saturated heterocycles. The summed E-state index contributed by atoms with van der Waals surface area (Å²) in [5.41, 5.74) is 6.64. The molecule has 1 unspecified atom stereocenters. The SMILES string of the molecule is CC1CC1=CC=CN. The van der Waals surface area contributed by atoms with Crippen LogP contribution in [0.1, 0.15) is 13.3 Å². The Kier molecular flexibility index (Phi) is 1.38. The number of nitrogens with two attached hydrogens (primary N) is 1. The lowest BCUT2D eigenvalue weighted by Crippen LogP contribution is -1.72. The van der Waals surface area contributed by atoms with E-state index in [4.69, 9.17) is 5.73 Å². The van der Waals surface area contributed by atoms with E-state index in [1.807, 2.05) is 6.08 Å². The van der Waals surface area contributed by atoms with E-state index in [9.17, 15) is 0 Å². The third kappa shape index (κ3) is 1.12. The summed E-state index contributed by atoms with van der Waals surface area (Å²) in [6.45, 7) is 2.22. The van der Waals surface area contributed by atoms with E-state index in [0.717, 1.165) is 5.92 Å². The minimum atomic E-state index is 0.825. The zero-order valence-corrected chi connectivity index (χ0v) is 5.09. The topological polar surface area (TPSA) is 26.0 Å². The Balaban J connectivity index is 2.36. The van der Waals surface area contributed by atoms with Crippen LogP contribution in [-0.4, -0.2) is 0 Å². The van der Waals surface area contributed by atoms with Gasteiger partial charge in [-0.05, 0) is 24.6 Å².